The first-order valence-electron chi connectivity index (χ1n) is 15.6. The van der Waals surface area contributed by atoms with Gasteiger partial charge in [-0.15, -0.1) is 13.2 Å². The number of methoxy groups -OCH3 is 2. The van der Waals surface area contributed by atoms with Crippen molar-refractivity contribution in [1.29, 1.82) is 0 Å². The molecule has 1 N–H and O–H groups in total. The molecule has 7 rings (SSSR count). The molecule has 0 saturated carbocycles. The molecule has 270 valence electrons. The standard InChI is InChI=1S/C34H27F3IN5O9/c1-40-23-14-27(51-3)26(50-2)13-21(23)39-20(31(40)47)7-8-41-32(48)42-9-6-16-22(43(42)33(41)49)11-18-25(45)12-19(38)30(46)29(18)28(16)17-10-15(4-5-24(17)44)52-34(35,36)37/h4-6,10,12-14,22,28,44H,7-9,11H2,1-3H3. The first-order chi connectivity index (χ1) is 24.6. The summed E-state index contributed by atoms with van der Waals surface area (Å²) in [6.07, 6.45) is -2.68. The maximum atomic E-state index is 14.1. The lowest BCUT2D eigenvalue weighted by Gasteiger charge is -2.39. The van der Waals surface area contributed by atoms with Gasteiger partial charge in [-0.05, 0) is 46.4 Å². The third-order valence-electron chi connectivity index (χ3n) is 9.44. The van der Waals surface area contributed by atoms with Crippen LogP contribution in [0.15, 0.2) is 77.2 Å². The minimum Gasteiger partial charge on any atom is -0.508 e. The Balaban J connectivity index is 1.30. The smallest absolute Gasteiger partial charge is 0.508 e. The number of rotatable bonds is 7. The Kier molecular flexibility index (Phi) is 8.54. The topological polar surface area (TPSA) is 166 Å². The van der Waals surface area contributed by atoms with Crippen LogP contribution < -0.4 is 31.1 Å². The van der Waals surface area contributed by atoms with Crippen LogP contribution in [-0.4, -0.2) is 60.7 Å². The number of nitrogens with zero attached hydrogens (tertiary/aromatic N) is 5. The number of aromatic hydroxyl groups is 1. The molecule has 3 aliphatic rings. The number of aromatic nitrogens is 5. The Morgan fingerprint density at radius 2 is 1.73 bits per heavy atom. The average molecular weight is 834 g/mol. The van der Waals surface area contributed by atoms with Gasteiger partial charge in [-0.3, -0.25) is 14.4 Å². The molecule has 2 unspecified atom stereocenters. The molecule has 0 amide bonds. The zero-order valence-corrected chi connectivity index (χ0v) is 29.6. The SMILES string of the molecule is COc1cc2nc(CCn3c(=O)n4n(c3=O)C3CC5=C(C(=O)C(I)=CC5=O)C(c5cc(OC(F)(F)F)ccc5O)C3=CC4)c(=O)n(C)c2cc1OC. The molecular formula is C34H27F3IN5O9. The van der Waals surface area contributed by atoms with Gasteiger partial charge in [0.15, 0.2) is 23.1 Å². The van der Waals surface area contributed by atoms with Gasteiger partial charge in [0, 0.05) is 67.3 Å². The second-order valence-corrected chi connectivity index (χ2v) is 13.4. The van der Waals surface area contributed by atoms with Crippen LogP contribution in [0.3, 0.4) is 0 Å². The molecule has 1 aliphatic heterocycles. The van der Waals surface area contributed by atoms with E-state index in [1.165, 1.54) is 18.8 Å². The highest BCUT2D eigenvalue weighted by molar-refractivity contribution is 14.1. The number of benzene rings is 2. The number of aryl methyl sites for hydroxylation is 2. The van der Waals surface area contributed by atoms with E-state index in [0.717, 1.165) is 38.2 Å². The van der Waals surface area contributed by atoms with E-state index in [0.29, 0.717) is 28.1 Å². The summed E-state index contributed by atoms with van der Waals surface area (Å²) in [5.74, 6) is -2.76. The lowest BCUT2D eigenvalue weighted by atomic mass is 9.68. The second kappa shape index (κ2) is 12.7. The minimum atomic E-state index is -5.06. The highest BCUT2D eigenvalue weighted by atomic mass is 127. The molecule has 52 heavy (non-hydrogen) atoms. The van der Waals surface area contributed by atoms with E-state index in [1.54, 1.807) is 47.8 Å². The van der Waals surface area contributed by atoms with Crippen LogP contribution in [-0.2, 0) is 36.1 Å². The summed E-state index contributed by atoms with van der Waals surface area (Å²) in [7, 11) is 4.46. The molecule has 0 fully saturated rings. The number of fused-ring (bicyclic) bond motifs is 4. The quantitative estimate of drug-likeness (QED) is 0.166. The largest absolute Gasteiger partial charge is 0.573 e. The summed E-state index contributed by atoms with van der Waals surface area (Å²) in [4.78, 5) is 72.6. The number of phenols is 1. The number of alkyl halides is 3. The molecule has 18 heteroatoms. The van der Waals surface area contributed by atoms with E-state index < -0.39 is 58.3 Å². The van der Waals surface area contributed by atoms with Crippen LogP contribution in [0.5, 0.6) is 23.0 Å². The number of halogens is 4. The van der Waals surface area contributed by atoms with Gasteiger partial charge >= 0.3 is 17.7 Å². The normalized spacial score (nSPS) is 18.4. The summed E-state index contributed by atoms with van der Waals surface area (Å²) in [6.45, 7) is -0.431. The van der Waals surface area contributed by atoms with Crippen LogP contribution in [0.1, 0.15) is 29.6 Å². The first-order valence-corrected chi connectivity index (χ1v) is 16.7. The van der Waals surface area contributed by atoms with Gasteiger partial charge < -0.3 is 23.9 Å². The summed E-state index contributed by atoms with van der Waals surface area (Å²) < 4.78 is 59.0. The molecule has 0 spiro atoms. The Morgan fingerprint density at radius 1 is 1.02 bits per heavy atom. The number of Topliss-reactive ketones (excluding diaryl/α,β-unsaturated/α-hetero) is 1. The van der Waals surface area contributed by atoms with Crippen LogP contribution in [0, 0.1) is 0 Å². The van der Waals surface area contributed by atoms with E-state index >= 15 is 0 Å². The number of carbonyl (C=O) groups excluding carboxylic acids is 2. The third kappa shape index (κ3) is 5.64. The Bertz CT molecular complexity index is 2520. The van der Waals surface area contributed by atoms with Crippen molar-refractivity contribution in [1.82, 2.24) is 23.5 Å². The van der Waals surface area contributed by atoms with E-state index in [2.05, 4.69) is 9.72 Å². The van der Waals surface area contributed by atoms with Crippen molar-refractivity contribution in [2.45, 2.75) is 44.3 Å². The summed E-state index contributed by atoms with van der Waals surface area (Å²) in [5.41, 5.74) is -0.922. The summed E-state index contributed by atoms with van der Waals surface area (Å²) >= 11 is 1.70. The second-order valence-electron chi connectivity index (χ2n) is 12.2. The van der Waals surface area contributed by atoms with Crippen molar-refractivity contribution >= 4 is 45.2 Å². The predicted molar refractivity (Wildman–Crippen MR) is 185 cm³/mol. The van der Waals surface area contributed by atoms with E-state index in [1.807, 2.05) is 0 Å². The van der Waals surface area contributed by atoms with Gasteiger partial charge in [0.1, 0.15) is 17.2 Å². The zero-order chi connectivity index (χ0) is 37.4. The highest BCUT2D eigenvalue weighted by Crippen LogP contribution is 2.52. The van der Waals surface area contributed by atoms with E-state index in [9.17, 15) is 42.3 Å². The fourth-order valence-corrected chi connectivity index (χ4v) is 7.69. The third-order valence-corrected chi connectivity index (χ3v) is 10.2. The van der Waals surface area contributed by atoms with Gasteiger partial charge in [0.25, 0.3) is 5.56 Å². The molecule has 0 saturated heterocycles. The number of ether oxygens (including phenoxy) is 3. The molecule has 2 aromatic heterocycles. The van der Waals surface area contributed by atoms with Crippen molar-refractivity contribution < 1.29 is 42.1 Å². The van der Waals surface area contributed by atoms with E-state index in [4.69, 9.17) is 9.47 Å². The fraction of sp³-hybridized carbons (Fsp3) is 0.294. The van der Waals surface area contributed by atoms with Gasteiger partial charge in [0.2, 0.25) is 0 Å². The van der Waals surface area contributed by atoms with E-state index in [-0.39, 0.29) is 51.9 Å². The molecule has 2 atom stereocenters. The fourth-order valence-electron chi connectivity index (χ4n) is 7.11. The molecule has 4 aromatic rings. The molecular weight excluding hydrogens is 806 g/mol. The predicted octanol–water partition coefficient (Wildman–Crippen LogP) is 3.36. The maximum absolute atomic E-state index is 14.1. The van der Waals surface area contributed by atoms with Gasteiger partial charge in [0.05, 0.1) is 41.4 Å². The summed E-state index contributed by atoms with van der Waals surface area (Å²) in [6, 6.07) is 4.98. The summed E-state index contributed by atoms with van der Waals surface area (Å²) in [5, 5.41) is 11.0. The molecule has 14 nitrogen and oxygen atoms in total. The number of phenolic OH excluding ortho intramolecular Hbond substituents is 1. The number of allylic oxidation sites excluding steroid dienone is 6. The number of carbonyl (C=O) groups is 2. The van der Waals surface area contributed by atoms with Crippen molar-refractivity contribution in [3.63, 3.8) is 0 Å². The Hall–Kier alpha value is -5.40. The lowest BCUT2D eigenvalue weighted by molar-refractivity contribution is -0.274. The Labute approximate surface area is 303 Å². The van der Waals surface area contributed by atoms with Crippen molar-refractivity contribution in [2.24, 2.45) is 7.05 Å². The molecule has 2 aromatic carbocycles. The lowest BCUT2D eigenvalue weighted by Crippen LogP contribution is -2.40. The van der Waals surface area contributed by atoms with Crippen molar-refractivity contribution in [2.75, 3.05) is 14.2 Å². The maximum Gasteiger partial charge on any atom is 0.573 e. The van der Waals surface area contributed by atoms with Crippen LogP contribution in [0.2, 0.25) is 0 Å². The molecule has 0 bridgehead atoms. The monoisotopic (exact) mass is 833 g/mol. The van der Waals surface area contributed by atoms with Crippen LogP contribution in [0.4, 0.5) is 13.2 Å². The zero-order valence-electron chi connectivity index (χ0n) is 27.5. The van der Waals surface area contributed by atoms with Crippen molar-refractivity contribution in [3.05, 3.63) is 105 Å². The van der Waals surface area contributed by atoms with Crippen LogP contribution >= 0.6 is 22.6 Å². The molecule has 0 radical (unpaired) electrons. The first kappa shape index (κ1) is 35.0. The average Bonchev–Trinajstić information content (AvgIpc) is 3.35. The Morgan fingerprint density at radius 3 is 2.42 bits per heavy atom. The minimum absolute atomic E-state index is 0.00410. The molecule has 2 aliphatic carbocycles. The van der Waals surface area contributed by atoms with Gasteiger partial charge in [-0.1, -0.05) is 6.08 Å². The van der Waals surface area contributed by atoms with Gasteiger partial charge in [-0.2, -0.15) is 0 Å². The van der Waals surface area contributed by atoms with Crippen molar-refractivity contribution in [3.8, 4) is 23.0 Å². The van der Waals surface area contributed by atoms with Crippen LogP contribution in [0.25, 0.3) is 11.0 Å². The number of ketones is 2. The number of hydrogen-bond acceptors (Lipinski definition) is 10. The highest BCUT2D eigenvalue weighted by Gasteiger charge is 2.46. The van der Waals surface area contributed by atoms with Gasteiger partial charge in [-0.25, -0.2) is 28.5 Å². The molecule has 3 heterocycles. The number of hydrogen-bond donors (Lipinski definition) is 1.